The van der Waals surface area contributed by atoms with Crippen LogP contribution in [0.5, 0.6) is 0 Å². The highest BCUT2D eigenvalue weighted by Crippen LogP contribution is 2.22. The van der Waals surface area contributed by atoms with Gasteiger partial charge in [0.05, 0.1) is 23.0 Å². The van der Waals surface area contributed by atoms with Crippen molar-refractivity contribution < 1.29 is 14.3 Å². The Bertz CT molecular complexity index is 1060. The highest BCUT2D eigenvalue weighted by Gasteiger charge is 2.15. The van der Waals surface area contributed by atoms with Crippen molar-refractivity contribution in [3.8, 4) is 0 Å². The molecule has 7 nitrogen and oxygen atoms in total. The number of benzene rings is 1. The zero-order chi connectivity index (χ0) is 18.8. The molecule has 0 fully saturated rings. The minimum Gasteiger partial charge on any atom is -0.468 e. The number of hydrogen-bond acceptors (Lipinski definition) is 5. The quantitative estimate of drug-likeness (QED) is 0.588. The standard InChI is InChI=1S/C17H17BrN4O3S/c1-4-22-13(7-10(2)20-22)16(24)19-17-21(9-15(23)25-3)12-6-5-11(18)8-14(12)26-17/h5-8H,4,9H2,1-3H3. The largest absolute Gasteiger partial charge is 0.468 e. The smallest absolute Gasteiger partial charge is 0.325 e. The highest BCUT2D eigenvalue weighted by atomic mass is 79.9. The van der Waals surface area contributed by atoms with Crippen LogP contribution in [0.2, 0.25) is 0 Å². The van der Waals surface area contributed by atoms with E-state index in [-0.39, 0.29) is 6.54 Å². The number of amides is 1. The molecule has 0 radical (unpaired) electrons. The molecule has 1 amide bonds. The van der Waals surface area contributed by atoms with Crippen molar-refractivity contribution >= 4 is 49.4 Å². The van der Waals surface area contributed by atoms with Crippen molar-refractivity contribution in [1.82, 2.24) is 14.3 Å². The Morgan fingerprint density at radius 1 is 1.35 bits per heavy atom. The van der Waals surface area contributed by atoms with E-state index in [0.717, 1.165) is 20.4 Å². The first-order chi connectivity index (χ1) is 12.4. The van der Waals surface area contributed by atoms with Gasteiger partial charge in [0.1, 0.15) is 12.2 Å². The van der Waals surface area contributed by atoms with Crippen LogP contribution in [-0.4, -0.2) is 33.3 Å². The second-order valence-electron chi connectivity index (χ2n) is 5.56. The Labute approximate surface area is 162 Å². The van der Waals surface area contributed by atoms with Crippen LogP contribution >= 0.6 is 27.3 Å². The molecule has 3 rings (SSSR count). The Morgan fingerprint density at radius 2 is 2.12 bits per heavy atom. The molecule has 2 aromatic heterocycles. The number of halogens is 1. The van der Waals surface area contributed by atoms with Gasteiger partial charge in [-0.1, -0.05) is 27.3 Å². The van der Waals surface area contributed by atoms with Gasteiger partial charge in [0.25, 0.3) is 5.91 Å². The number of rotatable bonds is 4. The lowest BCUT2D eigenvalue weighted by Gasteiger charge is -2.04. The van der Waals surface area contributed by atoms with Crippen LogP contribution in [0.1, 0.15) is 23.1 Å². The summed E-state index contributed by atoms with van der Waals surface area (Å²) in [6.45, 7) is 4.30. The summed E-state index contributed by atoms with van der Waals surface area (Å²) in [4.78, 5) is 29.2. The summed E-state index contributed by atoms with van der Waals surface area (Å²) in [7, 11) is 1.33. The maximum Gasteiger partial charge on any atom is 0.325 e. The molecule has 0 unspecified atom stereocenters. The fraction of sp³-hybridized carbons (Fsp3) is 0.294. The first-order valence-electron chi connectivity index (χ1n) is 7.92. The topological polar surface area (TPSA) is 78.5 Å². The van der Waals surface area contributed by atoms with E-state index in [4.69, 9.17) is 4.74 Å². The summed E-state index contributed by atoms with van der Waals surface area (Å²) in [5.41, 5.74) is 2.00. The summed E-state index contributed by atoms with van der Waals surface area (Å²) in [6, 6.07) is 7.40. The third-order valence-electron chi connectivity index (χ3n) is 3.78. The fourth-order valence-corrected chi connectivity index (χ4v) is 4.16. The zero-order valence-corrected chi connectivity index (χ0v) is 16.9. The molecule has 0 saturated carbocycles. The maximum atomic E-state index is 12.7. The lowest BCUT2D eigenvalue weighted by Crippen LogP contribution is -2.23. The average Bonchev–Trinajstić information content (AvgIpc) is 3.14. The van der Waals surface area contributed by atoms with Gasteiger partial charge >= 0.3 is 5.97 Å². The molecule has 2 heterocycles. The second kappa shape index (κ2) is 7.55. The van der Waals surface area contributed by atoms with Crippen molar-refractivity contribution in [2.75, 3.05) is 7.11 Å². The number of nitrogens with zero attached hydrogens (tertiary/aromatic N) is 4. The number of methoxy groups -OCH3 is 1. The molecule has 0 atom stereocenters. The first-order valence-corrected chi connectivity index (χ1v) is 9.53. The van der Waals surface area contributed by atoms with Gasteiger partial charge in [-0.25, -0.2) is 0 Å². The lowest BCUT2D eigenvalue weighted by atomic mass is 10.3. The Kier molecular flexibility index (Phi) is 5.38. The van der Waals surface area contributed by atoms with Crippen LogP contribution in [0.3, 0.4) is 0 Å². The maximum absolute atomic E-state index is 12.7. The average molecular weight is 437 g/mol. The lowest BCUT2D eigenvalue weighted by molar-refractivity contribution is -0.141. The van der Waals surface area contributed by atoms with Gasteiger partial charge in [-0.2, -0.15) is 10.1 Å². The molecule has 0 aliphatic carbocycles. The zero-order valence-electron chi connectivity index (χ0n) is 14.5. The van der Waals surface area contributed by atoms with Gasteiger partial charge in [-0.05, 0) is 38.1 Å². The van der Waals surface area contributed by atoms with E-state index < -0.39 is 11.9 Å². The fourth-order valence-electron chi connectivity index (χ4n) is 2.58. The van der Waals surface area contributed by atoms with Crippen molar-refractivity contribution in [2.45, 2.75) is 26.9 Å². The van der Waals surface area contributed by atoms with Crippen molar-refractivity contribution in [3.05, 3.63) is 44.9 Å². The van der Waals surface area contributed by atoms with Crippen LogP contribution in [0.15, 0.2) is 33.7 Å². The number of aryl methyl sites for hydroxylation is 2. The normalized spacial score (nSPS) is 11.9. The van der Waals surface area contributed by atoms with Crippen molar-refractivity contribution in [1.29, 1.82) is 0 Å². The van der Waals surface area contributed by atoms with Crippen LogP contribution in [-0.2, 0) is 22.6 Å². The van der Waals surface area contributed by atoms with E-state index >= 15 is 0 Å². The van der Waals surface area contributed by atoms with Gasteiger partial charge < -0.3 is 9.30 Å². The van der Waals surface area contributed by atoms with Crippen LogP contribution in [0.25, 0.3) is 10.2 Å². The number of thiazole rings is 1. The molecule has 26 heavy (non-hydrogen) atoms. The SMILES string of the molecule is CCn1nc(C)cc1C(=O)N=c1sc2cc(Br)ccc2n1CC(=O)OC. The Morgan fingerprint density at radius 3 is 2.81 bits per heavy atom. The molecular weight excluding hydrogens is 420 g/mol. The summed E-state index contributed by atoms with van der Waals surface area (Å²) in [5, 5.41) is 4.28. The molecule has 0 spiro atoms. The van der Waals surface area contributed by atoms with E-state index in [1.165, 1.54) is 18.4 Å². The number of carbonyl (C=O) groups excluding carboxylic acids is 2. The predicted molar refractivity (Wildman–Crippen MR) is 102 cm³/mol. The summed E-state index contributed by atoms with van der Waals surface area (Å²) in [6.07, 6.45) is 0. The van der Waals surface area contributed by atoms with E-state index in [2.05, 4.69) is 26.0 Å². The van der Waals surface area contributed by atoms with Crippen LogP contribution in [0, 0.1) is 6.92 Å². The summed E-state index contributed by atoms with van der Waals surface area (Å²) in [5.74, 6) is -0.798. The molecule has 0 saturated heterocycles. The molecule has 0 aliphatic heterocycles. The van der Waals surface area contributed by atoms with Gasteiger partial charge in [0.15, 0.2) is 4.80 Å². The third kappa shape index (κ3) is 3.63. The minimum absolute atomic E-state index is 0.0175. The van der Waals surface area contributed by atoms with Gasteiger partial charge in [-0.15, -0.1) is 0 Å². The minimum atomic E-state index is -0.407. The first kappa shape index (κ1) is 18.5. The summed E-state index contributed by atoms with van der Waals surface area (Å²) >= 11 is 4.78. The van der Waals surface area contributed by atoms with Gasteiger partial charge in [-0.3, -0.25) is 14.3 Å². The number of hydrogen-bond donors (Lipinski definition) is 0. The Balaban J connectivity index is 2.15. The Hall–Kier alpha value is -2.26. The number of carbonyl (C=O) groups is 2. The number of ether oxygens (including phenoxy) is 1. The van der Waals surface area contributed by atoms with E-state index in [0.29, 0.717) is 17.0 Å². The molecule has 0 bridgehead atoms. The summed E-state index contributed by atoms with van der Waals surface area (Å²) < 4.78 is 9.91. The van der Waals surface area contributed by atoms with Crippen LogP contribution in [0.4, 0.5) is 0 Å². The second-order valence-corrected chi connectivity index (χ2v) is 7.49. The highest BCUT2D eigenvalue weighted by molar-refractivity contribution is 9.10. The number of aromatic nitrogens is 3. The van der Waals surface area contributed by atoms with Crippen molar-refractivity contribution in [3.63, 3.8) is 0 Å². The predicted octanol–water partition coefficient (Wildman–Crippen LogP) is 2.90. The molecule has 0 aliphatic rings. The van der Waals surface area contributed by atoms with Gasteiger partial charge in [0, 0.05) is 11.0 Å². The monoisotopic (exact) mass is 436 g/mol. The van der Waals surface area contributed by atoms with E-state index in [1.807, 2.05) is 32.0 Å². The van der Waals surface area contributed by atoms with E-state index in [9.17, 15) is 9.59 Å². The molecule has 0 N–H and O–H groups in total. The van der Waals surface area contributed by atoms with E-state index in [1.54, 1.807) is 15.3 Å². The number of fused-ring (bicyclic) bond motifs is 1. The number of esters is 1. The molecule has 136 valence electrons. The van der Waals surface area contributed by atoms with Gasteiger partial charge in [0.2, 0.25) is 0 Å². The molecular formula is C17H17BrN4O3S. The third-order valence-corrected chi connectivity index (χ3v) is 5.31. The van der Waals surface area contributed by atoms with Crippen molar-refractivity contribution in [2.24, 2.45) is 4.99 Å². The molecule has 9 heteroatoms. The van der Waals surface area contributed by atoms with Crippen LogP contribution < -0.4 is 4.80 Å². The molecule has 1 aromatic carbocycles. The molecule has 3 aromatic rings.